The normalized spacial score (nSPS) is 34.7. The molecule has 0 radical (unpaired) electrons. The average molecular weight is 279 g/mol. The molecule has 2 saturated heterocycles. The van der Waals surface area contributed by atoms with Gasteiger partial charge in [0.1, 0.15) is 5.78 Å². The largest absolute Gasteiger partial charge is 0.378 e. The van der Waals surface area contributed by atoms with Crippen LogP contribution in [0.5, 0.6) is 0 Å². The fraction of sp³-hybridized carbons (Fsp3) is 0.875. The van der Waals surface area contributed by atoms with Crippen LogP contribution >= 0.6 is 0 Å². The van der Waals surface area contributed by atoms with Gasteiger partial charge in [-0.25, -0.2) is 0 Å². The molecule has 112 valence electrons. The molecule has 2 aliphatic heterocycles. The number of Topliss-reactive ketones (excluding diaryl/α,β-unsaturated/α-hetero) is 1. The monoisotopic (exact) mass is 279 g/mol. The molecule has 4 nitrogen and oxygen atoms in total. The first-order chi connectivity index (χ1) is 9.75. The van der Waals surface area contributed by atoms with Gasteiger partial charge in [0.25, 0.3) is 0 Å². The van der Waals surface area contributed by atoms with E-state index >= 15 is 0 Å². The number of nitrogens with zero attached hydrogens (tertiary/aromatic N) is 1. The van der Waals surface area contributed by atoms with Gasteiger partial charge in [0.15, 0.2) is 0 Å². The van der Waals surface area contributed by atoms with Gasteiger partial charge in [-0.1, -0.05) is 0 Å². The first kappa shape index (κ1) is 14.1. The number of hydrogen-bond acceptors (Lipinski definition) is 3. The standard InChI is InChI=1S/C16H25NO3/c18-15-8-3-6-13(15)14-7-4-9-17(14)16(19)11-12-5-1-2-10-20-12/h12-14H,1-11H2. The van der Waals surface area contributed by atoms with Crippen LogP contribution in [0.2, 0.25) is 0 Å². The Bertz CT molecular complexity index is 376. The summed E-state index contributed by atoms with van der Waals surface area (Å²) in [5.74, 6) is 0.705. The lowest BCUT2D eigenvalue weighted by Crippen LogP contribution is -2.43. The zero-order valence-electron chi connectivity index (χ0n) is 12.2. The van der Waals surface area contributed by atoms with Crippen molar-refractivity contribution in [1.29, 1.82) is 0 Å². The van der Waals surface area contributed by atoms with Crippen molar-refractivity contribution in [1.82, 2.24) is 4.90 Å². The number of carbonyl (C=O) groups is 2. The summed E-state index contributed by atoms with van der Waals surface area (Å²) in [7, 11) is 0. The van der Waals surface area contributed by atoms with Gasteiger partial charge in [0, 0.05) is 31.5 Å². The molecule has 0 aromatic carbocycles. The highest BCUT2D eigenvalue weighted by Crippen LogP contribution is 2.34. The lowest BCUT2D eigenvalue weighted by molar-refractivity contribution is -0.137. The SMILES string of the molecule is O=C1CCCC1C1CCCN1C(=O)CC1CCCCO1. The van der Waals surface area contributed by atoms with E-state index in [1.54, 1.807) is 0 Å². The molecule has 0 bridgehead atoms. The Hall–Kier alpha value is -0.900. The lowest BCUT2D eigenvalue weighted by Gasteiger charge is -2.31. The fourth-order valence-corrected chi connectivity index (χ4v) is 4.05. The molecule has 3 unspecified atom stereocenters. The molecular formula is C16H25NO3. The molecular weight excluding hydrogens is 254 g/mol. The van der Waals surface area contributed by atoms with Crippen molar-refractivity contribution in [3.8, 4) is 0 Å². The van der Waals surface area contributed by atoms with Crippen LogP contribution in [0.3, 0.4) is 0 Å². The molecule has 20 heavy (non-hydrogen) atoms. The summed E-state index contributed by atoms with van der Waals surface area (Å²) in [6.07, 6.45) is 8.67. The number of carbonyl (C=O) groups excluding carboxylic acids is 2. The van der Waals surface area contributed by atoms with E-state index in [1.165, 1.54) is 6.42 Å². The Balaban J connectivity index is 1.59. The van der Waals surface area contributed by atoms with E-state index in [2.05, 4.69) is 0 Å². The van der Waals surface area contributed by atoms with E-state index < -0.39 is 0 Å². The first-order valence-electron chi connectivity index (χ1n) is 8.19. The molecule has 1 aliphatic carbocycles. The minimum absolute atomic E-state index is 0.108. The highest BCUT2D eigenvalue weighted by molar-refractivity contribution is 5.85. The Kier molecular flexibility index (Phi) is 4.39. The highest BCUT2D eigenvalue weighted by Gasteiger charge is 2.40. The summed E-state index contributed by atoms with van der Waals surface area (Å²) in [6, 6.07) is 0.182. The van der Waals surface area contributed by atoms with Gasteiger partial charge in [-0.2, -0.15) is 0 Å². The van der Waals surface area contributed by atoms with E-state index in [1.807, 2.05) is 4.90 Å². The topological polar surface area (TPSA) is 46.6 Å². The van der Waals surface area contributed by atoms with Gasteiger partial charge in [-0.3, -0.25) is 9.59 Å². The predicted molar refractivity (Wildman–Crippen MR) is 75.3 cm³/mol. The zero-order chi connectivity index (χ0) is 13.9. The average Bonchev–Trinajstić information content (AvgIpc) is 3.07. The van der Waals surface area contributed by atoms with Gasteiger partial charge < -0.3 is 9.64 Å². The maximum atomic E-state index is 12.5. The van der Waals surface area contributed by atoms with Crippen LogP contribution in [0.15, 0.2) is 0 Å². The number of ether oxygens (including phenoxy) is 1. The van der Waals surface area contributed by atoms with Gasteiger partial charge >= 0.3 is 0 Å². The minimum Gasteiger partial charge on any atom is -0.378 e. The molecule has 0 aromatic heterocycles. The predicted octanol–water partition coefficient (Wildman–Crippen LogP) is 2.31. The van der Waals surface area contributed by atoms with E-state index in [-0.39, 0.29) is 24.0 Å². The zero-order valence-corrected chi connectivity index (χ0v) is 12.2. The molecule has 0 N–H and O–H groups in total. The van der Waals surface area contributed by atoms with Crippen LogP contribution in [0, 0.1) is 5.92 Å². The third-order valence-electron chi connectivity index (χ3n) is 5.11. The van der Waals surface area contributed by atoms with Crippen LogP contribution in [0.1, 0.15) is 57.8 Å². The Morgan fingerprint density at radius 3 is 2.75 bits per heavy atom. The molecule has 1 saturated carbocycles. The van der Waals surface area contributed by atoms with Crippen molar-refractivity contribution in [2.24, 2.45) is 5.92 Å². The van der Waals surface area contributed by atoms with Crippen LogP contribution in [-0.2, 0) is 14.3 Å². The van der Waals surface area contributed by atoms with Crippen molar-refractivity contribution >= 4 is 11.7 Å². The van der Waals surface area contributed by atoms with Crippen LogP contribution in [0.25, 0.3) is 0 Å². The van der Waals surface area contributed by atoms with Crippen molar-refractivity contribution in [3.63, 3.8) is 0 Å². The number of ketones is 1. The van der Waals surface area contributed by atoms with Crippen molar-refractivity contribution in [3.05, 3.63) is 0 Å². The van der Waals surface area contributed by atoms with Gasteiger partial charge in [0.05, 0.1) is 12.5 Å². The number of amides is 1. The summed E-state index contributed by atoms with van der Waals surface area (Å²) >= 11 is 0. The second-order valence-electron chi connectivity index (χ2n) is 6.45. The third-order valence-corrected chi connectivity index (χ3v) is 5.11. The molecule has 3 rings (SSSR count). The van der Waals surface area contributed by atoms with Crippen LogP contribution < -0.4 is 0 Å². The van der Waals surface area contributed by atoms with E-state index in [4.69, 9.17) is 4.74 Å². The molecule has 4 heteroatoms. The molecule has 3 fully saturated rings. The molecule has 0 aromatic rings. The van der Waals surface area contributed by atoms with Crippen molar-refractivity contribution in [2.45, 2.75) is 69.9 Å². The maximum absolute atomic E-state index is 12.5. The second kappa shape index (κ2) is 6.25. The smallest absolute Gasteiger partial charge is 0.225 e. The van der Waals surface area contributed by atoms with Gasteiger partial charge in [0.2, 0.25) is 5.91 Å². The molecule has 0 spiro atoms. The summed E-state index contributed by atoms with van der Waals surface area (Å²) in [5.41, 5.74) is 0. The van der Waals surface area contributed by atoms with Gasteiger partial charge in [-0.15, -0.1) is 0 Å². The molecule has 2 heterocycles. The van der Waals surface area contributed by atoms with Crippen molar-refractivity contribution < 1.29 is 14.3 Å². The molecule has 1 amide bonds. The summed E-state index contributed by atoms with van der Waals surface area (Å²) in [6.45, 7) is 1.63. The van der Waals surface area contributed by atoms with E-state index in [9.17, 15) is 9.59 Å². The number of rotatable bonds is 3. The second-order valence-corrected chi connectivity index (χ2v) is 6.45. The van der Waals surface area contributed by atoms with Crippen molar-refractivity contribution in [2.75, 3.05) is 13.2 Å². The fourth-order valence-electron chi connectivity index (χ4n) is 4.05. The van der Waals surface area contributed by atoms with Crippen LogP contribution in [-0.4, -0.2) is 41.9 Å². The summed E-state index contributed by atoms with van der Waals surface area (Å²) in [4.78, 5) is 26.5. The lowest BCUT2D eigenvalue weighted by atomic mass is 9.94. The third kappa shape index (κ3) is 2.90. The highest BCUT2D eigenvalue weighted by atomic mass is 16.5. The van der Waals surface area contributed by atoms with Gasteiger partial charge in [-0.05, 0) is 44.9 Å². The van der Waals surface area contributed by atoms with Crippen LogP contribution in [0.4, 0.5) is 0 Å². The van der Waals surface area contributed by atoms with E-state index in [0.29, 0.717) is 12.2 Å². The maximum Gasteiger partial charge on any atom is 0.225 e. The summed E-state index contributed by atoms with van der Waals surface area (Å²) in [5, 5.41) is 0. The van der Waals surface area contributed by atoms with E-state index in [0.717, 1.165) is 58.1 Å². The first-order valence-corrected chi connectivity index (χ1v) is 8.19. The molecule has 3 aliphatic rings. The number of hydrogen-bond donors (Lipinski definition) is 0. The molecule has 3 atom stereocenters. The Morgan fingerprint density at radius 2 is 2.05 bits per heavy atom. The Labute approximate surface area is 120 Å². The quantitative estimate of drug-likeness (QED) is 0.796. The minimum atomic E-state index is 0.108. The number of likely N-dealkylation sites (tertiary alicyclic amines) is 1. The Morgan fingerprint density at radius 1 is 1.15 bits per heavy atom. The summed E-state index contributed by atoms with van der Waals surface area (Å²) < 4.78 is 5.68.